The van der Waals surface area contributed by atoms with Gasteiger partial charge in [0, 0.05) is 30.1 Å². The first-order valence-electron chi connectivity index (χ1n) is 6.21. The van der Waals surface area contributed by atoms with Gasteiger partial charge >= 0.3 is 0 Å². The van der Waals surface area contributed by atoms with E-state index in [9.17, 15) is 14.9 Å². The molecule has 0 fully saturated rings. The van der Waals surface area contributed by atoms with Gasteiger partial charge in [-0.05, 0) is 30.7 Å². The van der Waals surface area contributed by atoms with Crippen molar-refractivity contribution in [2.45, 2.75) is 13.5 Å². The van der Waals surface area contributed by atoms with Crippen LogP contribution in [0.25, 0.3) is 0 Å². The van der Waals surface area contributed by atoms with Crippen LogP contribution in [0.1, 0.15) is 21.6 Å². The first-order chi connectivity index (χ1) is 9.97. The molecule has 0 unspecified atom stereocenters. The molecular formula is C14H14N4O3. The van der Waals surface area contributed by atoms with E-state index in [0.29, 0.717) is 12.2 Å². The molecule has 108 valence electrons. The molecule has 1 heterocycles. The fourth-order valence-electron chi connectivity index (χ4n) is 1.79. The fourth-order valence-corrected chi connectivity index (χ4v) is 1.79. The Kier molecular flexibility index (Phi) is 4.13. The fraction of sp³-hybridized carbons (Fsp3) is 0.143. The normalized spacial score (nSPS) is 10.1. The Balaban J connectivity index is 2.21. The van der Waals surface area contributed by atoms with Gasteiger partial charge in [-0.1, -0.05) is 6.07 Å². The summed E-state index contributed by atoms with van der Waals surface area (Å²) in [7, 11) is 0. The number of nitrogens with one attached hydrogen (secondary N) is 1. The summed E-state index contributed by atoms with van der Waals surface area (Å²) in [4.78, 5) is 25.7. The maximum Gasteiger partial charge on any atom is 0.293 e. The van der Waals surface area contributed by atoms with Crippen LogP contribution in [0.3, 0.4) is 0 Å². The molecule has 0 aliphatic heterocycles. The van der Waals surface area contributed by atoms with E-state index in [0.717, 1.165) is 17.3 Å². The number of aromatic nitrogens is 1. The van der Waals surface area contributed by atoms with E-state index in [1.807, 2.05) is 19.1 Å². The minimum atomic E-state index is -0.701. The number of carbonyl (C=O) groups excluding carboxylic acids is 1. The second-order valence-electron chi connectivity index (χ2n) is 4.51. The number of amides is 1. The summed E-state index contributed by atoms with van der Waals surface area (Å²) < 4.78 is 0. The number of rotatable bonds is 5. The van der Waals surface area contributed by atoms with Crippen LogP contribution < -0.4 is 11.1 Å². The third-order valence-electron chi connectivity index (χ3n) is 2.93. The van der Waals surface area contributed by atoms with Gasteiger partial charge in [-0.2, -0.15) is 0 Å². The number of pyridine rings is 1. The van der Waals surface area contributed by atoms with Crippen molar-refractivity contribution < 1.29 is 9.72 Å². The van der Waals surface area contributed by atoms with Gasteiger partial charge in [0.2, 0.25) is 5.91 Å². The van der Waals surface area contributed by atoms with Crippen molar-refractivity contribution in [2.24, 2.45) is 5.73 Å². The molecule has 0 saturated heterocycles. The Morgan fingerprint density at radius 2 is 2.14 bits per heavy atom. The van der Waals surface area contributed by atoms with Gasteiger partial charge < -0.3 is 11.1 Å². The van der Waals surface area contributed by atoms with Gasteiger partial charge in [0.05, 0.1) is 4.92 Å². The Labute approximate surface area is 121 Å². The van der Waals surface area contributed by atoms with Crippen LogP contribution in [0.4, 0.5) is 11.4 Å². The maximum atomic E-state index is 11.1. The Bertz CT molecular complexity index is 683. The van der Waals surface area contributed by atoms with Gasteiger partial charge in [0.1, 0.15) is 5.69 Å². The summed E-state index contributed by atoms with van der Waals surface area (Å²) in [6, 6.07) is 7.84. The zero-order valence-electron chi connectivity index (χ0n) is 11.4. The molecule has 0 saturated carbocycles. The number of carbonyl (C=O) groups is 1. The number of hydrogen-bond acceptors (Lipinski definition) is 5. The van der Waals surface area contributed by atoms with Crippen LogP contribution in [0, 0.1) is 17.0 Å². The minimum absolute atomic E-state index is 0.101. The van der Waals surface area contributed by atoms with Crippen LogP contribution in [0.5, 0.6) is 0 Å². The van der Waals surface area contributed by atoms with Crippen molar-refractivity contribution in [3.8, 4) is 0 Å². The number of primary amides is 1. The molecule has 0 atom stereocenters. The summed E-state index contributed by atoms with van der Waals surface area (Å²) in [5.74, 6) is -0.701. The quantitative estimate of drug-likeness (QED) is 0.645. The molecule has 0 radical (unpaired) electrons. The van der Waals surface area contributed by atoms with Crippen molar-refractivity contribution in [1.82, 2.24) is 4.98 Å². The molecule has 0 spiro atoms. The van der Waals surface area contributed by atoms with E-state index in [1.165, 1.54) is 12.1 Å². The van der Waals surface area contributed by atoms with E-state index < -0.39 is 10.8 Å². The average Bonchev–Trinajstić information content (AvgIpc) is 2.46. The van der Waals surface area contributed by atoms with E-state index >= 15 is 0 Å². The van der Waals surface area contributed by atoms with Gasteiger partial charge in [-0.3, -0.25) is 19.9 Å². The number of aryl methyl sites for hydroxylation is 1. The largest absolute Gasteiger partial charge is 0.375 e. The highest BCUT2D eigenvalue weighted by Gasteiger charge is 2.16. The van der Waals surface area contributed by atoms with E-state index in [1.54, 1.807) is 6.20 Å². The molecular weight excluding hydrogens is 272 g/mol. The second kappa shape index (κ2) is 6.00. The zero-order chi connectivity index (χ0) is 15.4. The number of nitrogens with two attached hydrogens (primary N) is 1. The lowest BCUT2D eigenvalue weighted by Gasteiger charge is -2.08. The number of benzene rings is 1. The lowest BCUT2D eigenvalue weighted by atomic mass is 10.1. The number of nitrogens with zero attached hydrogens (tertiary/aromatic N) is 2. The van der Waals surface area contributed by atoms with Gasteiger partial charge in [0.15, 0.2) is 0 Å². The molecule has 0 aliphatic carbocycles. The van der Waals surface area contributed by atoms with Crippen molar-refractivity contribution in [2.75, 3.05) is 5.32 Å². The summed E-state index contributed by atoms with van der Waals surface area (Å²) in [6.07, 6.45) is 1.70. The third kappa shape index (κ3) is 3.53. The lowest BCUT2D eigenvalue weighted by Crippen LogP contribution is -2.12. The summed E-state index contributed by atoms with van der Waals surface area (Å²) in [6.45, 7) is 2.27. The summed E-state index contributed by atoms with van der Waals surface area (Å²) in [5, 5.41) is 14.0. The van der Waals surface area contributed by atoms with Crippen molar-refractivity contribution in [3.63, 3.8) is 0 Å². The smallest absolute Gasteiger partial charge is 0.293 e. The summed E-state index contributed by atoms with van der Waals surface area (Å²) >= 11 is 0. The first-order valence-corrected chi connectivity index (χ1v) is 6.21. The van der Waals surface area contributed by atoms with Crippen LogP contribution in [-0.2, 0) is 6.54 Å². The van der Waals surface area contributed by atoms with Crippen molar-refractivity contribution in [3.05, 3.63) is 63.5 Å². The molecule has 1 aromatic heterocycles. The molecule has 1 aromatic carbocycles. The summed E-state index contributed by atoms with van der Waals surface area (Å²) in [5.41, 5.74) is 7.15. The molecule has 2 rings (SSSR count). The maximum absolute atomic E-state index is 11.1. The number of nitro groups is 1. The van der Waals surface area contributed by atoms with Gasteiger partial charge in [-0.25, -0.2) is 0 Å². The highest BCUT2D eigenvalue weighted by Crippen LogP contribution is 2.26. The predicted molar refractivity (Wildman–Crippen MR) is 77.9 cm³/mol. The zero-order valence-corrected chi connectivity index (χ0v) is 11.4. The van der Waals surface area contributed by atoms with Crippen molar-refractivity contribution >= 4 is 17.3 Å². The number of nitro benzene ring substituents is 1. The lowest BCUT2D eigenvalue weighted by molar-refractivity contribution is -0.384. The monoisotopic (exact) mass is 286 g/mol. The van der Waals surface area contributed by atoms with E-state index in [-0.39, 0.29) is 11.3 Å². The third-order valence-corrected chi connectivity index (χ3v) is 2.93. The number of anilines is 1. The predicted octanol–water partition coefficient (Wildman–Crippen LogP) is 2.01. The highest BCUT2D eigenvalue weighted by atomic mass is 16.6. The Hall–Kier alpha value is -2.96. The van der Waals surface area contributed by atoms with Crippen LogP contribution in [-0.4, -0.2) is 15.8 Å². The topological polar surface area (TPSA) is 111 Å². The molecule has 0 aliphatic rings. The Morgan fingerprint density at radius 1 is 1.38 bits per heavy atom. The van der Waals surface area contributed by atoms with E-state index in [2.05, 4.69) is 10.3 Å². The van der Waals surface area contributed by atoms with Crippen LogP contribution >= 0.6 is 0 Å². The first kappa shape index (κ1) is 14.4. The molecule has 21 heavy (non-hydrogen) atoms. The Morgan fingerprint density at radius 3 is 2.71 bits per heavy atom. The minimum Gasteiger partial charge on any atom is -0.375 e. The molecule has 7 nitrogen and oxygen atoms in total. The molecule has 3 N–H and O–H groups in total. The standard InChI is InChI=1S/C14H14N4O3/c1-9-2-3-10(7-16-9)8-17-12-5-4-11(14(15)19)6-13(12)18(20)21/h2-7,17H,8H2,1H3,(H2,15,19). The number of hydrogen-bond donors (Lipinski definition) is 2. The van der Waals surface area contributed by atoms with Crippen LogP contribution in [0.2, 0.25) is 0 Å². The highest BCUT2D eigenvalue weighted by molar-refractivity contribution is 5.94. The average molecular weight is 286 g/mol. The molecule has 1 amide bonds. The van der Waals surface area contributed by atoms with Gasteiger partial charge in [-0.15, -0.1) is 0 Å². The molecule has 0 bridgehead atoms. The van der Waals surface area contributed by atoms with Crippen LogP contribution in [0.15, 0.2) is 36.5 Å². The van der Waals surface area contributed by atoms with E-state index in [4.69, 9.17) is 5.73 Å². The SMILES string of the molecule is Cc1ccc(CNc2ccc(C(N)=O)cc2[N+](=O)[O-])cn1. The second-order valence-corrected chi connectivity index (χ2v) is 4.51. The van der Waals surface area contributed by atoms with Crippen molar-refractivity contribution in [1.29, 1.82) is 0 Å². The molecule has 2 aromatic rings. The van der Waals surface area contributed by atoms with Gasteiger partial charge in [0.25, 0.3) is 5.69 Å². The molecule has 7 heteroatoms.